The lowest BCUT2D eigenvalue weighted by atomic mass is 10.2. The molecule has 0 fully saturated rings. The molecular weight excluding hydrogens is 320 g/mol. The predicted octanol–water partition coefficient (Wildman–Crippen LogP) is 2.44. The zero-order valence-corrected chi connectivity index (χ0v) is 13.7. The number of aliphatic hydroxyl groups is 1. The van der Waals surface area contributed by atoms with Crippen LogP contribution in [-0.2, 0) is 9.59 Å². The Morgan fingerprint density at radius 3 is 2.44 bits per heavy atom. The second-order valence-electron chi connectivity index (χ2n) is 5.57. The summed E-state index contributed by atoms with van der Waals surface area (Å²) in [4.78, 5) is 25.1. The number of carbonyl (C=O) groups is 2. The number of hydrogen-bond acceptors (Lipinski definition) is 5. The third-order valence-corrected chi connectivity index (χ3v) is 3.80. The maximum atomic E-state index is 12.3. The number of aryl methyl sites for hydroxylation is 1. The molecule has 0 bridgehead atoms. The maximum absolute atomic E-state index is 12.3. The van der Waals surface area contributed by atoms with Gasteiger partial charge in [0, 0.05) is 6.08 Å². The molecule has 0 spiro atoms. The molecule has 3 rings (SSSR count). The monoisotopic (exact) mass is 338 g/mol. The summed E-state index contributed by atoms with van der Waals surface area (Å²) in [5.74, 6) is 0.337. The van der Waals surface area contributed by atoms with Gasteiger partial charge in [-0.3, -0.25) is 14.5 Å². The van der Waals surface area contributed by atoms with E-state index in [1.165, 1.54) is 6.08 Å². The van der Waals surface area contributed by atoms with Crippen LogP contribution in [0.5, 0.6) is 11.5 Å². The Morgan fingerprint density at radius 1 is 1.04 bits per heavy atom. The van der Waals surface area contributed by atoms with Crippen LogP contribution in [0.15, 0.2) is 60.3 Å². The van der Waals surface area contributed by atoms with Gasteiger partial charge in [0.2, 0.25) is 0 Å². The van der Waals surface area contributed by atoms with Crippen LogP contribution in [0.3, 0.4) is 0 Å². The van der Waals surface area contributed by atoms with Crippen LogP contribution in [0.1, 0.15) is 5.56 Å². The summed E-state index contributed by atoms with van der Waals surface area (Å²) in [5, 5.41) is 11.9. The minimum Gasteiger partial charge on any atom is -0.455 e. The fourth-order valence-electron chi connectivity index (χ4n) is 2.50. The van der Waals surface area contributed by atoms with Crippen LogP contribution in [0.25, 0.3) is 0 Å². The Morgan fingerprint density at radius 2 is 1.72 bits per heavy atom. The fraction of sp³-hybridized carbons (Fsp3) is 0.158. The fourth-order valence-corrected chi connectivity index (χ4v) is 2.50. The molecule has 0 aromatic heterocycles. The van der Waals surface area contributed by atoms with Gasteiger partial charge in [-0.2, -0.15) is 0 Å². The zero-order chi connectivity index (χ0) is 17.8. The molecular formula is C19H18N2O4. The minimum absolute atomic E-state index is 0.0271. The molecule has 2 N–H and O–H groups in total. The topological polar surface area (TPSA) is 78.9 Å². The second kappa shape index (κ2) is 7.19. The molecule has 0 aliphatic carbocycles. The van der Waals surface area contributed by atoms with Crippen LogP contribution >= 0.6 is 0 Å². The van der Waals surface area contributed by atoms with Gasteiger partial charge in [-0.15, -0.1) is 0 Å². The lowest BCUT2D eigenvalue weighted by molar-refractivity contribution is -0.137. The van der Waals surface area contributed by atoms with Crippen molar-refractivity contribution < 1.29 is 19.4 Å². The number of hydrogen-bond donors (Lipinski definition) is 2. The highest BCUT2D eigenvalue weighted by atomic mass is 16.5. The highest BCUT2D eigenvalue weighted by Gasteiger charge is 2.31. The van der Waals surface area contributed by atoms with Crippen molar-refractivity contribution >= 4 is 17.5 Å². The summed E-state index contributed by atoms with van der Waals surface area (Å²) < 4.78 is 5.95. The SMILES string of the molecule is Cc1ccccc1Oc1ccccc1NC1=CC(=O)N(CCO)C1=O. The molecule has 0 radical (unpaired) electrons. The number of rotatable bonds is 6. The first kappa shape index (κ1) is 16.7. The quantitative estimate of drug-likeness (QED) is 0.791. The first-order valence-electron chi connectivity index (χ1n) is 7.88. The Bertz CT molecular complexity index is 845. The molecule has 6 heteroatoms. The van der Waals surface area contributed by atoms with Crippen LogP contribution in [-0.4, -0.2) is 35.0 Å². The summed E-state index contributed by atoms with van der Waals surface area (Å²) in [7, 11) is 0. The van der Waals surface area contributed by atoms with E-state index < -0.39 is 11.8 Å². The molecule has 1 aliphatic heterocycles. The number of ether oxygens (including phenoxy) is 1. The van der Waals surface area contributed by atoms with Crippen LogP contribution in [0.4, 0.5) is 5.69 Å². The molecule has 128 valence electrons. The van der Waals surface area contributed by atoms with Gasteiger partial charge in [0.15, 0.2) is 5.75 Å². The molecule has 2 aromatic rings. The van der Waals surface area contributed by atoms with E-state index in [9.17, 15) is 9.59 Å². The molecule has 0 atom stereocenters. The summed E-state index contributed by atoms with van der Waals surface area (Å²) in [6, 6.07) is 14.8. The van der Waals surface area contributed by atoms with Crippen molar-refractivity contribution in [2.24, 2.45) is 0 Å². The molecule has 2 aromatic carbocycles. The lowest BCUT2D eigenvalue weighted by Crippen LogP contribution is -2.34. The van der Waals surface area contributed by atoms with E-state index in [-0.39, 0.29) is 18.8 Å². The van der Waals surface area contributed by atoms with E-state index in [0.29, 0.717) is 17.2 Å². The van der Waals surface area contributed by atoms with E-state index in [2.05, 4.69) is 5.32 Å². The maximum Gasteiger partial charge on any atom is 0.277 e. The first-order valence-corrected chi connectivity index (χ1v) is 7.88. The van der Waals surface area contributed by atoms with Crippen molar-refractivity contribution in [1.82, 2.24) is 4.90 Å². The Labute approximate surface area is 145 Å². The largest absolute Gasteiger partial charge is 0.455 e. The highest BCUT2D eigenvalue weighted by Crippen LogP contribution is 2.32. The molecule has 1 aliphatic rings. The van der Waals surface area contributed by atoms with Gasteiger partial charge in [-0.05, 0) is 30.7 Å². The number of β-amino-alcohol motifs (C(OH)–C–C–N with tert-alkyl or cyclic N) is 1. The standard InChI is InChI=1S/C19H18N2O4/c1-13-6-2-4-8-16(13)25-17-9-5-3-7-14(17)20-15-12-18(23)21(10-11-22)19(15)24/h2-9,12,20,22H,10-11H2,1H3. The Hall–Kier alpha value is -3.12. The number of benzene rings is 2. The van der Waals surface area contributed by atoms with Crippen LogP contribution in [0, 0.1) is 6.92 Å². The number of para-hydroxylation sites is 3. The summed E-state index contributed by atoms with van der Waals surface area (Å²) >= 11 is 0. The Kier molecular flexibility index (Phi) is 4.81. The third kappa shape index (κ3) is 3.54. The second-order valence-corrected chi connectivity index (χ2v) is 5.57. The molecule has 0 unspecified atom stereocenters. The average Bonchev–Trinajstić information content (AvgIpc) is 2.86. The normalized spacial score (nSPS) is 13.8. The average molecular weight is 338 g/mol. The van der Waals surface area contributed by atoms with E-state index >= 15 is 0 Å². The Balaban J connectivity index is 1.83. The number of nitrogens with zero attached hydrogens (tertiary/aromatic N) is 1. The molecule has 2 amide bonds. The number of nitrogens with one attached hydrogen (secondary N) is 1. The van der Waals surface area contributed by atoms with Gasteiger partial charge in [0.25, 0.3) is 11.8 Å². The van der Waals surface area contributed by atoms with Crippen molar-refractivity contribution in [2.45, 2.75) is 6.92 Å². The van der Waals surface area contributed by atoms with Gasteiger partial charge < -0.3 is 15.2 Å². The lowest BCUT2D eigenvalue weighted by Gasteiger charge is -2.16. The van der Waals surface area contributed by atoms with Crippen molar-refractivity contribution in [2.75, 3.05) is 18.5 Å². The van der Waals surface area contributed by atoms with Crippen molar-refractivity contribution in [3.05, 3.63) is 65.9 Å². The van der Waals surface area contributed by atoms with Gasteiger partial charge in [0.1, 0.15) is 11.4 Å². The van der Waals surface area contributed by atoms with E-state index in [1.54, 1.807) is 18.2 Å². The number of amides is 2. The molecule has 0 saturated carbocycles. The molecule has 0 saturated heterocycles. The smallest absolute Gasteiger partial charge is 0.277 e. The summed E-state index contributed by atoms with van der Waals surface area (Å²) in [6.45, 7) is 1.64. The van der Waals surface area contributed by atoms with Crippen molar-refractivity contribution in [1.29, 1.82) is 0 Å². The zero-order valence-electron chi connectivity index (χ0n) is 13.7. The van der Waals surface area contributed by atoms with Crippen LogP contribution < -0.4 is 10.1 Å². The molecule has 25 heavy (non-hydrogen) atoms. The van der Waals surface area contributed by atoms with Crippen LogP contribution in [0.2, 0.25) is 0 Å². The molecule has 6 nitrogen and oxygen atoms in total. The van der Waals surface area contributed by atoms with Crippen molar-refractivity contribution in [3.8, 4) is 11.5 Å². The molecule has 1 heterocycles. The summed E-state index contributed by atoms with van der Waals surface area (Å²) in [5.41, 5.74) is 1.71. The van der Waals surface area contributed by atoms with Gasteiger partial charge in [-0.25, -0.2) is 0 Å². The van der Waals surface area contributed by atoms with Gasteiger partial charge >= 0.3 is 0 Å². The number of anilines is 1. The predicted molar refractivity (Wildman–Crippen MR) is 93.2 cm³/mol. The van der Waals surface area contributed by atoms with Gasteiger partial charge in [0.05, 0.1) is 18.8 Å². The van der Waals surface area contributed by atoms with E-state index in [0.717, 1.165) is 10.5 Å². The van der Waals surface area contributed by atoms with Gasteiger partial charge in [-0.1, -0.05) is 30.3 Å². The number of imide groups is 1. The first-order chi connectivity index (χ1) is 12.1. The van der Waals surface area contributed by atoms with E-state index in [4.69, 9.17) is 9.84 Å². The highest BCUT2D eigenvalue weighted by molar-refractivity contribution is 6.17. The number of aliphatic hydroxyl groups excluding tert-OH is 1. The summed E-state index contributed by atoms with van der Waals surface area (Å²) in [6.07, 6.45) is 1.22. The van der Waals surface area contributed by atoms with Crippen molar-refractivity contribution in [3.63, 3.8) is 0 Å². The third-order valence-electron chi connectivity index (χ3n) is 3.80. The number of carbonyl (C=O) groups excluding carboxylic acids is 2. The van der Waals surface area contributed by atoms with E-state index in [1.807, 2.05) is 37.3 Å². The minimum atomic E-state index is -0.468.